The second-order valence-electron chi connectivity index (χ2n) is 5.52. The Hall–Kier alpha value is -2.84. The summed E-state index contributed by atoms with van der Waals surface area (Å²) in [6, 6.07) is 3.85. The van der Waals surface area contributed by atoms with Gasteiger partial charge in [0.15, 0.2) is 6.61 Å². The summed E-state index contributed by atoms with van der Waals surface area (Å²) < 4.78 is 10.2. The van der Waals surface area contributed by atoms with Crippen molar-refractivity contribution in [3.05, 3.63) is 28.3 Å². The summed E-state index contributed by atoms with van der Waals surface area (Å²) in [6.45, 7) is -0.393. The van der Waals surface area contributed by atoms with E-state index < -0.39 is 28.9 Å². The molecule has 1 fully saturated rings. The van der Waals surface area contributed by atoms with Crippen LogP contribution >= 0.6 is 0 Å². The molecule has 0 heterocycles. The number of carbonyl (C=O) groups is 2. The predicted octanol–water partition coefficient (Wildman–Crippen LogP) is 1.50. The first kappa shape index (κ1) is 17.5. The number of hydrogen-bond donors (Lipinski definition) is 2. The summed E-state index contributed by atoms with van der Waals surface area (Å²) in [4.78, 5) is 33.6. The lowest BCUT2D eigenvalue weighted by Gasteiger charge is -2.25. The Morgan fingerprint density at radius 3 is 2.58 bits per heavy atom. The highest BCUT2D eigenvalue weighted by Gasteiger charge is 2.42. The van der Waals surface area contributed by atoms with E-state index in [-0.39, 0.29) is 17.2 Å². The molecule has 9 heteroatoms. The van der Waals surface area contributed by atoms with Crippen LogP contribution in [0.1, 0.15) is 25.7 Å². The number of nitrogens with one attached hydrogen (secondary N) is 1. The molecule has 2 rings (SSSR count). The van der Waals surface area contributed by atoms with Gasteiger partial charge < -0.3 is 19.9 Å². The third-order valence-corrected chi connectivity index (χ3v) is 3.96. The van der Waals surface area contributed by atoms with Crippen LogP contribution in [-0.4, -0.2) is 41.2 Å². The zero-order valence-electron chi connectivity index (χ0n) is 13.1. The number of amides is 1. The van der Waals surface area contributed by atoms with Gasteiger partial charge in [0.05, 0.1) is 12.0 Å². The standard InChI is InChI=1S/C15H18N2O7/c1-23-12-8-10(4-5-11(12)17(21)22)24-9-13(18)16-15(14(19)20)6-2-3-7-15/h4-5,8H,2-3,6-7,9H2,1H3,(H,16,18)(H,19,20). The molecule has 9 nitrogen and oxygen atoms in total. The van der Waals surface area contributed by atoms with Crippen LogP contribution in [0.5, 0.6) is 11.5 Å². The highest BCUT2D eigenvalue weighted by Crippen LogP contribution is 2.31. The van der Waals surface area contributed by atoms with Crippen molar-refractivity contribution in [1.82, 2.24) is 5.32 Å². The molecule has 2 N–H and O–H groups in total. The van der Waals surface area contributed by atoms with E-state index in [1.54, 1.807) is 0 Å². The van der Waals surface area contributed by atoms with Crippen molar-refractivity contribution in [1.29, 1.82) is 0 Å². The number of aliphatic carboxylic acids is 1. The molecule has 1 aliphatic carbocycles. The first-order chi connectivity index (χ1) is 11.4. The topological polar surface area (TPSA) is 128 Å². The minimum atomic E-state index is -1.23. The molecule has 0 saturated heterocycles. The lowest BCUT2D eigenvalue weighted by molar-refractivity contribution is -0.385. The van der Waals surface area contributed by atoms with Crippen LogP contribution in [0.2, 0.25) is 0 Å². The number of carboxylic acid groups (broad SMARTS) is 1. The molecular formula is C15H18N2O7. The van der Waals surface area contributed by atoms with Gasteiger partial charge in [-0.15, -0.1) is 0 Å². The van der Waals surface area contributed by atoms with Gasteiger partial charge in [0, 0.05) is 12.1 Å². The van der Waals surface area contributed by atoms with Gasteiger partial charge in [-0.05, 0) is 18.9 Å². The molecule has 130 valence electrons. The Morgan fingerprint density at radius 1 is 1.38 bits per heavy atom. The number of benzene rings is 1. The SMILES string of the molecule is COc1cc(OCC(=O)NC2(C(=O)O)CCCC2)ccc1[N+](=O)[O-]. The second kappa shape index (κ2) is 7.16. The van der Waals surface area contributed by atoms with Crippen molar-refractivity contribution in [3.8, 4) is 11.5 Å². The van der Waals surface area contributed by atoms with Crippen LogP contribution in [0, 0.1) is 10.1 Å². The van der Waals surface area contributed by atoms with Crippen LogP contribution in [-0.2, 0) is 9.59 Å². The Kier molecular flexibility index (Phi) is 5.22. The Balaban J connectivity index is 1.99. The summed E-state index contributed by atoms with van der Waals surface area (Å²) in [5.41, 5.74) is -1.45. The fourth-order valence-electron chi connectivity index (χ4n) is 2.72. The van der Waals surface area contributed by atoms with E-state index in [4.69, 9.17) is 9.47 Å². The van der Waals surface area contributed by atoms with Crippen molar-refractivity contribution < 1.29 is 29.1 Å². The molecule has 0 unspecified atom stereocenters. The molecule has 0 radical (unpaired) electrons. The second-order valence-corrected chi connectivity index (χ2v) is 5.52. The largest absolute Gasteiger partial charge is 0.490 e. The van der Waals surface area contributed by atoms with E-state index in [0.29, 0.717) is 12.8 Å². The number of nitro benzene ring substituents is 1. The number of nitro groups is 1. The van der Waals surface area contributed by atoms with Crippen molar-refractivity contribution in [2.24, 2.45) is 0 Å². The molecule has 0 aliphatic heterocycles. The van der Waals surface area contributed by atoms with Crippen molar-refractivity contribution in [3.63, 3.8) is 0 Å². The maximum Gasteiger partial charge on any atom is 0.329 e. The number of carbonyl (C=O) groups excluding carboxylic acids is 1. The molecule has 1 saturated carbocycles. The van der Waals surface area contributed by atoms with Gasteiger partial charge in [-0.25, -0.2) is 4.79 Å². The Morgan fingerprint density at radius 2 is 2.04 bits per heavy atom. The number of carboxylic acids is 1. The molecular weight excluding hydrogens is 320 g/mol. The number of hydrogen-bond acceptors (Lipinski definition) is 6. The van der Waals surface area contributed by atoms with E-state index in [2.05, 4.69) is 5.32 Å². The average molecular weight is 338 g/mol. The van der Waals surface area contributed by atoms with E-state index >= 15 is 0 Å². The molecule has 1 aromatic carbocycles. The van der Waals surface area contributed by atoms with Gasteiger partial charge in [-0.2, -0.15) is 0 Å². The fraction of sp³-hybridized carbons (Fsp3) is 0.467. The number of ether oxygens (including phenoxy) is 2. The first-order valence-corrected chi connectivity index (χ1v) is 7.37. The summed E-state index contributed by atoms with van der Waals surface area (Å²) in [5, 5.41) is 22.6. The third kappa shape index (κ3) is 3.73. The minimum absolute atomic E-state index is 0.00991. The van der Waals surface area contributed by atoms with Crippen LogP contribution in [0.25, 0.3) is 0 Å². The number of methoxy groups -OCH3 is 1. The van der Waals surface area contributed by atoms with Crippen LogP contribution in [0.15, 0.2) is 18.2 Å². The molecule has 1 aromatic rings. The fourth-order valence-corrected chi connectivity index (χ4v) is 2.72. The molecule has 0 aromatic heterocycles. The first-order valence-electron chi connectivity index (χ1n) is 7.37. The van der Waals surface area contributed by atoms with Crippen molar-refractivity contribution >= 4 is 17.6 Å². The van der Waals surface area contributed by atoms with Gasteiger partial charge in [0.25, 0.3) is 5.91 Å². The zero-order valence-corrected chi connectivity index (χ0v) is 13.1. The molecule has 0 bridgehead atoms. The van der Waals surface area contributed by atoms with Crippen molar-refractivity contribution in [2.45, 2.75) is 31.2 Å². The number of rotatable bonds is 7. The van der Waals surface area contributed by atoms with Gasteiger partial charge in [0.1, 0.15) is 11.3 Å². The van der Waals surface area contributed by atoms with E-state index in [9.17, 15) is 24.8 Å². The van der Waals surface area contributed by atoms with Crippen LogP contribution in [0.3, 0.4) is 0 Å². The molecule has 24 heavy (non-hydrogen) atoms. The lowest BCUT2D eigenvalue weighted by atomic mass is 9.98. The third-order valence-electron chi connectivity index (χ3n) is 3.96. The normalized spacial score (nSPS) is 15.5. The smallest absolute Gasteiger partial charge is 0.329 e. The van der Waals surface area contributed by atoms with Gasteiger partial charge >= 0.3 is 11.7 Å². The van der Waals surface area contributed by atoms with E-state index in [0.717, 1.165) is 12.8 Å². The van der Waals surface area contributed by atoms with Crippen molar-refractivity contribution in [2.75, 3.05) is 13.7 Å². The monoisotopic (exact) mass is 338 g/mol. The van der Waals surface area contributed by atoms with Crippen LogP contribution < -0.4 is 14.8 Å². The van der Waals surface area contributed by atoms with Gasteiger partial charge in [-0.1, -0.05) is 12.8 Å². The summed E-state index contributed by atoms with van der Waals surface area (Å²) >= 11 is 0. The summed E-state index contributed by atoms with van der Waals surface area (Å²) in [7, 11) is 1.29. The molecule has 1 aliphatic rings. The average Bonchev–Trinajstić information content (AvgIpc) is 3.02. The molecule has 0 spiro atoms. The minimum Gasteiger partial charge on any atom is -0.490 e. The molecule has 1 amide bonds. The highest BCUT2D eigenvalue weighted by molar-refractivity contribution is 5.87. The van der Waals surface area contributed by atoms with Gasteiger partial charge in [0.2, 0.25) is 5.75 Å². The Bertz CT molecular complexity index is 653. The Labute approximate surface area is 137 Å². The zero-order chi connectivity index (χ0) is 17.7. The van der Waals surface area contributed by atoms with Crippen LogP contribution in [0.4, 0.5) is 5.69 Å². The lowest BCUT2D eigenvalue weighted by Crippen LogP contribution is -2.53. The quantitative estimate of drug-likeness (QED) is 0.569. The van der Waals surface area contributed by atoms with E-state index in [1.807, 2.05) is 0 Å². The summed E-state index contributed by atoms with van der Waals surface area (Å²) in [6.07, 6.45) is 2.26. The number of nitrogens with zero attached hydrogens (tertiary/aromatic N) is 1. The summed E-state index contributed by atoms with van der Waals surface area (Å²) in [5.74, 6) is -1.39. The highest BCUT2D eigenvalue weighted by atomic mass is 16.6. The maximum absolute atomic E-state index is 12.0. The predicted molar refractivity (Wildman–Crippen MR) is 82.1 cm³/mol. The molecule has 0 atom stereocenters. The van der Waals surface area contributed by atoms with E-state index in [1.165, 1.54) is 25.3 Å². The maximum atomic E-state index is 12.0. The van der Waals surface area contributed by atoms with Gasteiger partial charge in [-0.3, -0.25) is 14.9 Å².